The Labute approximate surface area is 171 Å². The molecule has 1 aliphatic rings. The Morgan fingerprint density at radius 2 is 1.48 bits per heavy atom. The third-order valence-electron chi connectivity index (χ3n) is 5.29. The minimum Gasteiger partial charge on any atom is -0.484 e. The molecule has 6 heteroatoms. The van der Waals surface area contributed by atoms with Crippen LogP contribution in [0, 0.1) is 12.7 Å². The Kier molecular flexibility index (Phi) is 6.86. The van der Waals surface area contributed by atoms with Gasteiger partial charge in [0.05, 0.1) is 0 Å². The second-order valence-electron chi connectivity index (χ2n) is 7.52. The molecule has 3 rings (SSSR count). The molecule has 0 spiro atoms. The lowest BCUT2D eigenvalue weighted by Crippen LogP contribution is -2.51. The zero-order valence-electron chi connectivity index (χ0n) is 16.9. The van der Waals surface area contributed by atoms with Gasteiger partial charge in [-0.3, -0.25) is 9.59 Å². The van der Waals surface area contributed by atoms with Crippen LogP contribution >= 0.6 is 0 Å². The molecule has 29 heavy (non-hydrogen) atoms. The first-order valence-corrected chi connectivity index (χ1v) is 9.93. The summed E-state index contributed by atoms with van der Waals surface area (Å²) in [4.78, 5) is 28.5. The lowest BCUT2D eigenvalue weighted by atomic mass is 9.97. The van der Waals surface area contributed by atoms with Gasteiger partial charge in [-0.2, -0.15) is 0 Å². The molecule has 1 atom stereocenters. The van der Waals surface area contributed by atoms with Gasteiger partial charge >= 0.3 is 0 Å². The van der Waals surface area contributed by atoms with Crippen LogP contribution in [-0.2, 0) is 9.59 Å². The lowest BCUT2D eigenvalue weighted by Gasteiger charge is -2.35. The van der Waals surface area contributed by atoms with E-state index >= 15 is 0 Å². The van der Waals surface area contributed by atoms with Gasteiger partial charge in [0.25, 0.3) is 5.91 Å². The summed E-state index contributed by atoms with van der Waals surface area (Å²) in [6, 6.07) is 13.9. The number of piperazine rings is 1. The minimum atomic E-state index is -0.278. The van der Waals surface area contributed by atoms with Crippen molar-refractivity contribution in [2.75, 3.05) is 32.8 Å². The van der Waals surface area contributed by atoms with Gasteiger partial charge in [0.15, 0.2) is 6.61 Å². The number of ether oxygens (including phenoxy) is 1. The highest BCUT2D eigenvalue weighted by molar-refractivity contribution is 5.79. The van der Waals surface area contributed by atoms with Gasteiger partial charge in [-0.05, 0) is 42.7 Å². The van der Waals surface area contributed by atoms with Crippen LogP contribution in [0.2, 0.25) is 0 Å². The monoisotopic (exact) mass is 398 g/mol. The summed E-state index contributed by atoms with van der Waals surface area (Å²) in [7, 11) is 0. The number of carbonyl (C=O) groups is 2. The summed E-state index contributed by atoms with van der Waals surface area (Å²) in [6.45, 7) is 6.01. The molecule has 1 fully saturated rings. The van der Waals surface area contributed by atoms with Gasteiger partial charge < -0.3 is 14.5 Å². The van der Waals surface area contributed by atoms with Crippen molar-refractivity contribution >= 4 is 11.8 Å². The molecule has 0 aliphatic carbocycles. The van der Waals surface area contributed by atoms with Crippen LogP contribution in [0.3, 0.4) is 0 Å². The van der Waals surface area contributed by atoms with E-state index in [-0.39, 0.29) is 30.2 Å². The quantitative estimate of drug-likeness (QED) is 0.750. The summed E-state index contributed by atoms with van der Waals surface area (Å²) in [5, 5.41) is 0. The number of carbonyl (C=O) groups excluding carboxylic acids is 2. The number of hydrogen-bond donors (Lipinski definition) is 0. The van der Waals surface area contributed by atoms with E-state index in [1.807, 2.05) is 38.1 Å². The molecule has 154 valence electrons. The van der Waals surface area contributed by atoms with E-state index in [9.17, 15) is 14.0 Å². The molecular formula is C23H27FN2O3. The fourth-order valence-corrected chi connectivity index (χ4v) is 3.38. The second-order valence-corrected chi connectivity index (χ2v) is 7.52. The molecule has 0 saturated carbocycles. The number of hydrogen-bond acceptors (Lipinski definition) is 3. The molecule has 2 aromatic carbocycles. The maximum atomic E-state index is 13.1. The smallest absolute Gasteiger partial charge is 0.260 e. The van der Waals surface area contributed by atoms with E-state index in [2.05, 4.69) is 0 Å². The molecule has 0 radical (unpaired) electrons. The summed E-state index contributed by atoms with van der Waals surface area (Å²) in [5.41, 5.74) is 2.08. The average Bonchev–Trinajstić information content (AvgIpc) is 2.73. The van der Waals surface area contributed by atoms with Crippen molar-refractivity contribution in [3.8, 4) is 5.75 Å². The van der Waals surface area contributed by atoms with Crippen molar-refractivity contribution in [3.05, 3.63) is 65.5 Å². The highest BCUT2D eigenvalue weighted by atomic mass is 19.1. The Morgan fingerprint density at radius 1 is 0.931 bits per heavy atom. The molecule has 0 bridgehead atoms. The molecular weight excluding hydrogens is 371 g/mol. The fraction of sp³-hybridized carbons (Fsp3) is 0.391. The van der Waals surface area contributed by atoms with Crippen LogP contribution < -0.4 is 4.74 Å². The van der Waals surface area contributed by atoms with E-state index in [1.54, 1.807) is 21.9 Å². The number of aryl methyl sites for hydroxylation is 1. The van der Waals surface area contributed by atoms with Crippen molar-refractivity contribution in [1.29, 1.82) is 0 Å². The van der Waals surface area contributed by atoms with Crippen LogP contribution in [0.5, 0.6) is 5.75 Å². The van der Waals surface area contributed by atoms with E-state index in [0.29, 0.717) is 38.3 Å². The predicted molar refractivity (Wildman–Crippen MR) is 109 cm³/mol. The maximum Gasteiger partial charge on any atom is 0.260 e. The molecule has 0 aromatic heterocycles. The number of halogens is 1. The molecule has 0 N–H and O–H groups in total. The van der Waals surface area contributed by atoms with Crippen molar-refractivity contribution in [3.63, 3.8) is 0 Å². The summed E-state index contributed by atoms with van der Waals surface area (Å²) >= 11 is 0. The van der Waals surface area contributed by atoms with Crippen LogP contribution in [0.4, 0.5) is 4.39 Å². The van der Waals surface area contributed by atoms with Crippen molar-refractivity contribution in [2.45, 2.75) is 26.2 Å². The Hall–Kier alpha value is -2.89. The van der Waals surface area contributed by atoms with Gasteiger partial charge in [0.1, 0.15) is 11.6 Å². The van der Waals surface area contributed by atoms with Crippen molar-refractivity contribution in [2.24, 2.45) is 0 Å². The molecule has 1 heterocycles. The van der Waals surface area contributed by atoms with Gasteiger partial charge in [-0.1, -0.05) is 36.8 Å². The van der Waals surface area contributed by atoms with Gasteiger partial charge in [0, 0.05) is 32.6 Å². The van der Waals surface area contributed by atoms with Gasteiger partial charge in [0.2, 0.25) is 5.91 Å². The SMILES string of the molecule is Cc1ccc(OCC(=O)N2CCN(C(=O)CC(C)c3ccc(F)cc3)CC2)cc1. The minimum absolute atomic E-state index is 0.00138. The Morgan fingerprint density at radius 3 is 2.07 bits per heavy atom. The van der Waals surface area contributed by atoms with E-state index in [4.69, 9.17) is 4.74 Å². The third-order valence-corrected chi connectivity index (χ3v) is 5.29. The largest absolute Gasteiger partial charge is 0.484 e. The third kappa shape index (κ3) is 5.79. The van der Waals surface area contributed by atoms with E-state index < -0.39 is 0 Å². The van der Waals surface area contributed by atoms with Crippen LogP contribution in [-0.4, -0.2) is 54.4 Å². The standard InChI is InChI=1S/C23H27FN2O3/c1-17-3-9-21(10-4-17)29-16-23(28)26-13-11-25(12-14-26)22(27)15-18(2)19-5-7-20(24)8-6-19/h3-10,18H,11-16H2,1-2H3. The predicted octanol–water partition coefficient (Wildman–Crippen LogP) is 3.38. The Balaban J connectivity index is 1.43. The molecule has 1 aliphatic heterocycles. The highest BCUT2D eigenvalue weighted by Crippen LogP contribution is 2.21. The van der Waals surface area contributed by atoms with Crippen LogP contribution in [0.15, 0.2) is 48.5 Å². The molecule has 2 amide bonds. The first kappa shape index (κ1) is 20.8. The summed E-state index contributed by atoms with van der Waals surface area (Å²) < 4.78 is 18.6. The normalized spacial score (nSPS) is 15.1. The van der Waals surface area contributed by atoms with E-state index in [0.717, 1.165) is 11.1 Å². The van der Waals surface area contributed by atoms with Gasteiger partial charge in [-0.15, -0.1) is 0 Å². The van der Waals surface area contributed by atoms with Crippen molar-refractivity contribution < 1.29 is 18.7 Å². The number of rotatable bonds is 6. The topological polar surface area (TPSA) is 49.9 Å². The second kappa shape index (κ2) is 9.54. The first-order chi connectivity index (χ1) is 13.9. The maximum absolute atomic E-state index is 13.1. The number of amides is 2. The highest BCUT2D eigenvalue weighted by Gasteiger charge is 2.25. The molecule has 1 saturated heterocycles. The molecule has 2 aromatic rings. The number of nitrogens with zero attached hydrogens (tertiary/aromatic N) is 2. The summed E-state index contributed by atoms with van der Waals surface area (Å²) in [5.74, 6) is 0.403. The van der Waals surface area contributed by atoms with Crippen LogP contribution in [0.25, 0.3) is 0 Å². The average molecular weight is 398 g/mol. The van der Waals surface area contributed by atoms with Crippen molar-refractivity contribution in [1.82, 2.24) is 9.80 Å². The fourth-order valence-electron chi connectivity index (χ4n) is 3.38. The Bertz CT molecular complexity index is 828. The lowest BCUT2D eigenvalue weighted by molar-refractivity contribution is -0.140. The zero-order valence-corrected chi connectivity index (χ0v) is 16.9. The molecule has 5 nitrogen and oxygen atoms in total. The van der Waals surface area contributed by atoms with Gasteiger partial charge in [-0.25, -0.2) is 4.39 Å². The zero-order chi connectivity index (χ0) is 20.8. The number of benzene rings is 2. The van der Waals surface area contributed by atoms with E-state index in [1.165, 1.54) is 12.1 Å². The summed E-state index contributed by atoms with van der Waals surface area (Å²) in [6.07, 6.45) is 0.371. The van der Waals surface area contributed by atoms with Crippen LogP contribution in [0.1, 0.15) is 30.4 Å². The first-order valence-electron chi connectivity index (χ1n) is 9.93. The molecule has 1 unspecified atom stereocenters.